The number of nitrogens with zero attached hydrogens (tertiary/aromatic N) is 4. The number of nitrogens with one attached hydrogen (secondary N) is 3. The van der Waals surface area contributed by atoms with Gasteiger partial charge < -0.3 is 10.6 Å². The summed E-state index contributed by atoms with van der Waals surface area (Å²) in [6.07, 6.45) is 4.09. The lowest BCUT2D eigenvalue weighted by molar-refractivity contribution is 0.102. The number of carbonyl (C=O) groups is 1. The van der Waals surface area contributed by atoms with Crippen molar-refractivity contribution in [3.63, 3.8) is 0 Å². The number of rotatable bonds is 4. The van der Waals surface area contributed by atoms with Crippen LogP contribution in [0, 0.1) is 6.92 Å². The van der Waals surface area contributed by atoms with Crippen molar-refractivity contribution in [2.24, 2.45) is 0 Å². The van der Waals surface area contributed by atoms with Crippen LogP contribution in [0.3, 0.4) is 0 Å². The lowest BCUT2D eigenvalue weighted by atomic mass is 10.1. The van der Waals surface area contributed by atoms with Gasteiger partial charge in [-0.1, -0.05) is 0 Å². The highest BCUT2D eigenvalue weighted by atomic mass is 35.5. The Morgan fingerprint density at radius 2 is 2.07 bits per heavy atom. The smallest absolute Gasteiger partial charge is 0.276 e. The number of benzene rings is 1. The molecule has 1 aliphatic rings. The molecule has 1 fully saturated rings. The standard InChI is InChI=1S/C18H21N7O.ClH/c1-12-20-17(23-22-12)13-4-6-14(7-5-13)21-18(26)16-8-10-25(24-16)15-3-2-9-19-11-15;/h4-8,10,15,19H,2-3,9,11H2,1H3,(H,21,26)(H,20,22,23);1H. The summed E-state index contributed by atoms with van der Waals surface area (Å²) < 4.78 is 1.88. The summed E-state index contributed by atoms with van der Waals surface area (Å²) in [6.45, 7) is 3.80. The van der Waals surface area contributed by atoms with E-state index in [-0.39, 0.29) is 18.3 Å². The third-order valence-corrected chi connectivity index (χ3v) is 4.48. The maximum Gasteiger partial charge on any atom is 0.276 e. The van der Waals surface area contributed by atoms with E-state index < -0.39 is 0 Å². The molecule has 8 nitrogen and oxygen atoms in total. The molecule has 3 N–H and O–H groups in total. The van der Waals surface area contributed by atoms with Crippen molar-refractivity contribution >= 4 is 24.0 Å². The fourth-order valence-corrected chi connectivity index (χ4v) is 3.09. The van der Waals surface area contributed by atoms with Crippen molar-refractivity contribution in [3.8, 4) is 11.4 Å². The molecule has 3 heterocycles. The Morgan fingerprint density at radius 3 is 2.74 bits per heavy atom. The SMILES string of the molecule is Cc1nc(-c2ccc(NC(=O)c3ccn(C4CCCNC4)n3)cc2)n[nH]1.Cl. The van der Waals surface area contributed by atoms with Crippen LogP contribution in [0.5, 0.6) is 0 Å². The van der Waals surface area contributed by atoms with Crippen LogP contribution in [-0.4, -0.2) is 44.0 Å². The first kappa shape index (κ1) is 19.1. The second-order valence-electron chi connectivity index (χ2n) is 6.46. The van der Waals surface area contributed by atoms with Gasteiger partial charge in [-0.15, -0.1) is 12.4 Å². The van der Waals surface area contributed by atoms with Gasteiger partial charge in [-0.2, -0.15) is 10.2 Å². The van der Waals surface area contributed by atoms with E-state index in [2.05, 4.69) is 30.9 Å². The van der Waals surface area contributed by atoms with Gasteiger partial charge in [0.05, 0.1) is 6.04 Å². The second kappa shape index (κ2) is 8.32. The van der Waals surface area contributed by atoms with E-state index >= 15 is 0 Å². The third kappa shape index (κ3) is 4.35. The predicted octanol–water partition coefficient (Wildman–Crippen LogP) is 2.58. The summed E-state index contributed by atoms with van der Waals surface area (Å²) >= 11 is 0. The van der Waals surface area contributed by atoms with Crippen LogP contribution in [0.2, 0.25) is 0 Å². The van der Waals surface area contributed by atoms with Gasteiger partial charge in [0, 0.05) is 24.0 Å². The Balaban J connectivity index is 0.00000210. The number of hydrogen-bond acceptors (Lipinski definition) is 5. The maximum absolute atomic E-state index is 12.4. The van der Waals surface area contributed by atoms with Crippen molar-refractivity contribution in [1.82, 2.24) is 30.3 Å². The molecule has 27 heavy (non-hydrogen) atoms. The number of aromatic nitrogens is 5. The van der Waals surface area contributed by atoms with Crippen molar-refractivity contribution in [2.75, 3.05) is 18.4 Å². The van der Waals surface area contributed by atoms with Gasteiger partial charge >= 0.3 is 0 Å². The lowest BCUT2D eigenvalue weighted by Gasteiger charge is -2.22. The minimum absolute atomic E-state index is 0. The Kier molecular flexibility index (Phi) is 5.88. The summed E-state index contributed by atoms with van der Waals surface area (Å²) in [5.41, 5.74) is 2.02. The molecule has 4 rings (SSSR count). The highest BCUT2D eigenvalue weighted by Crippen LogP contribution is 2.19. The Morgan fingerprint density at radius 1 is 1.26 bits per heavy atom. The zero-order valence-corrected chi connectivity index (χ0v) is 15.8. The molecule has 3 aromatic rings. The van der Waals surface area contributed by atoms with E-state index in [1.165, 1.54) is 0 Å². The van der Waals surface area contributed by atoms with Crippen LogP contribution in [0.1, 0.15) is 35.2 Å². The van der Waals surface area contributed by atoms with Gasteiger partial charge in [0.2, 0.25) is 0 Å². The highest BCUT2D eigenvalue weighted by Gasteiger charge is 2.17. The number of anilines is 1. The number of amides is 1. The molecule has 9 heteroatoms. The second-order valence-corrected chi connectivity index (χ2v) is 6.46. The third-order valence-electron chi connectivity index (χ3n) is 4.48. The first-order chi connectivity index (χ1) is 12.7. The van der Waals surface area contributed by atoms with Crippen LogP contribution >= 0.6 is 12.4 Å². The van der Waals surface area contributed by atoms with Crippen LogP contribution in [0.15, 0.2) is 36.5 Å². The molecule has 0 spiro atoms. The molecule has 1 unspecified atom stereocenters. The van der Waals surface area contributed by atoms with Crippen molar-refractivity contribution in [1.29, 1.82) is 0 Å². The van der Waals surface area contributed by atoms with Gasteiger partial charge in [0.15, 0.2) is 11.5 Å². The van der Waals surface area contributed by atoms with Crippen LogP contribution in [0.4, 0.5) is 5.69 Å². The molecule has 0 radical (unpaired) electrons. The largest absolute Gasteiger partial charge is 0.321 e. The molecular weight excluding hydrogens is 366 g/mol. The van der Waals surface area contributed by atoms with Crippen molar-refractivity contribution in [2.45, 2.75) is 25.8 Å². The quantitative estimate of drug-likeness (QED) is 0.638. The van der Waals surface area contributed by atoms with Gasteiger partial charge in [0.25, 0.3) is 5.91 Å². The van der Waals surface area contributed by atoms with Crippen molar-refractivity contribution in [3.05, 3.63) is 48.0 Å². The molecule has 1 saturated heterocycles. The number of aromatic amines is 1. The maximum atomic E-state index is 12.4. The van der Waals surface area contributed by atoms with Crippen LogP contribution in [0.25, 0.3) is 11.4 Å². The molecule has 1 atom stereocenters. The molecule has 142 valence electrons. The first-order valence-electron chi connectivity index (χ1n) is 8.76. The van der Waals surface area contributed by atoms with Crippen LogP contribution in [-0.2, 0) is 0 Å². The number of aryl methyl sites for hydroxylation is 1. The highest BCUT2D eigenvalue weighted by molar-refractivity contribution is 6.02. The van der Waals surface area contributed by atoms with Gasteiger partial charge in [-0.05, 0) is 56.6 Å². The fraction of sp³-hybridized carbons (Fsp3) is 0.333. The normalized spacial score (nSPS) is 16.6. The molecule has 1 aromatic carbocycles. The molecular formula is C18H22ClN7O. The monoisotopic (exact) mass is 387 g/mol. The first-order valence-corrected chi connectivity index (χ1v) is 8.76. The number of hydrogen-bond donors (Lipinski definition) is 3. The van der Waals surface area contributed by atoms with E-state index in [9.17, 15) is 4.79 Å². The molecule has 0 saturated carbocycles. The molecule has 1 amide bonds. The number of H-pyrrole nitrogens is 1. The number of halogens is 1. The predicted molar refractivity (Wildman–Crippen MR) is 105 cm³/mol. The van der Waals surface area contributed by atoms with Gasteiger partial charge in [-0.25, -0.2) is 4.98 Å². The van der Waals surface area contributed by atoms with E-state index in [0.29, 0.717) is 23.2 Å². The topological polar surface area (TPSA) is 101 Å². The van der Waals surface area contributed by atoms with Crippen LogP contribution < -0.4 is 10.6 Å². The Hall–Kier alpha value is -2.71. The van der Waals surface area contributed by atoms with E-state index in [0.717, 1.165) is 37.3 Å². The summed E-state index contributed by atoms with van der Waals surface area (Å²) in [5.74, 6) is 1.19. The molecule has 2 aromatic heterocycles. The zero-order chi connectivity index (χ0) is 17.9. The summed E-state index contributed by atoms with van der Waals surface area (Å²) in [5, 5.41) is 17.6. The number of piperidine rings is 1. The fourth-order valence-electron chi connectivity index (χ4n) is 3.09. The summed E-state index contributed by atoms with van der Waals surface area (Å²) in [6, 6.07) is 9.50. The lowest BCUT2D eigenvalue weighted by Crippen LogP contribution is -2.32. The van der Waals surface area contributed by atoms with E-state index in [1.54, 1.807) is 6.07 Å². The van der Waals surface area contributed by atoms with E-state index in [1.807, 2.05) is 42.1 Å². The molecule has 0 bridgehead atoms. The average Bonchev–Trinajstić information content (AvgIpc) is 3.32. The van der Waals surface area contributed by atoms with Crippen molar-refractivity contribution < 1.29 is 4.79 Å². The molecule has 0 aliphatic carbocycles. The van der Waals surface area contributed by atoms with E-state index in [4.69, 9.17) is 0 Å². The Bertz CT molecular complexity index is 897. The average molecular weight is 388 g/mol. The Labute approximate surface area is 163 Å². The van der Waals surface area contributed by atoms with Gasteiger partial charge in [0.1, 0.15) is 5.82 Å². The number of carbonyl (C=O) groups excluding carboxylic acids is 1. The van der Waals surface area contributed by atoms with Gasteiger partial charge in [-0.3, -0.25) is 14.6 Å². The minimum Gasteiger partial charge on any atom is -0.321 e. The summed E-state index contributed by atoms with van der Waals surface area (Å²) in [7, 11) is 0. The molecule has 1 aliphatic heterocycles. The minimum atomic E-state index is -0.214. The summed E-state index contributed by atoms with van der Waals surface area (Å²) in [4.78, 5) is 16.7. The zero-order valence-electron chi connectivity index (χ0n) is 15.0.